The molecular weight excluding hydrogens is 797 g/mol. The van der Waals surface area contributed by atoms with Crippen LogP contribution in [0.2, 0.25) is 0 Å². The van der Waals surface area contributed by atoms with Gasteiger partial charge >= 0.3 is 12.2 Å². The van der Waals surface area contributed by atoms with E-state index in [0.717, 1.165) is 71.1 Å². The van der Waals surface area contributed by atoms with E-state index in [1.165, 1.54) is 55.7 Å². The summed E-state index contributed by atoms with van der Waals surface area (Å²) in [5.41, 5.74) is 11.3. The van der Waals surface area contributed by atoms with E-state index in [9.17, 15) is 19.2 Å². The maximum Gasteiger partial charge on any atom is 0.407 e. The number of hydrogen-bond acceptors (Lipinski definition) is 8. The van der Waals surface area contributed by atoms with Crippen molar-refractivity contribution in [3.8, 4) is 22.3 Å². The summed E-state index contributed by atoms with van der Waals surface area (Å²) in [6.07, 6.45) is 7.67. The number of methoxy groups -OCH3 is 2. The molecule has 3 aliphatic rings. The van der Waals surface area contributed by atoms with Crippen molar-refractivity contribution in [2.75, 3.05) is 27.8 Å². The number of hydrogen-bond donors (Lipinski definition) is 4. The van der Waals surface area contributed by atoms with Crippen molar-refractivity contribution in [2.24, 2.45) is 11.8 Å². The average molecular weight is 859 g/mol. The van der Waals surface area contributed by atoms with E-state index in [1.54, 1.807) is 11.9 Å². The van der Waals surface area contributed by atoms with Gasteiger partial charge in [0, 0.05) is 13.6 Å². The molecule has 2 aromatic heterocycles. The third kappa shape index (κ3) is 8.12. The maximum absolute atomic E-state index is 13.8. The number of aromatic amines is 2. The Labute approximate surface area is 369 Å². The maximum atomic E-state index is 13.8. The number of imidazole rings is 2. The van der Waals surface area contributed by atoms with Gasteiger partial charge in [0.25, 0.3) is 0 Å². The van der Waals surface area contributed by atoms with Crippen LogP contribution in [0.4, 0.5) is 9.59 Å². The van der Waals surface area contributed by atoms with Crippen molar-refractivity contribution in [1.82, 2.24) is 40.4 Å². The molecule has 2 aliphatic carbocycles. The number of alkyl carbamates (subject to hydrolysis) is 2. The van der Waals surface area contributed by atoms with Gasteiger partial charge in [0.15, 0.2) is 0 Å². The zero-order valence-corrected chi connectivity index (χ0v) is 37.9. The monoisotopic (exact) mass is 858 g/mol. The molecule has 5 aromatic rings. The minimum Gasteiger partial charge on any atom is -0.453 e. The number of nitrogens with one attached hydrogen (secondary N) is 4. The highest BCUT2D eigenvalue weighted by Gasteiger charge is 2.46. The van der Waals surface area contributed by atoms with Crippen LogP contribution in [0.25, 0.3) is 44.3 Å². The number of likely N-dealkylation sites (tertiary alicyclic amines) is 1. The Morgan fingerprint density at radius 2 is 1.44 bits per heavy atom. The summed E-state index contributed by atoms with van der Waals surface area (Å²) < 4.78 is 9.64. The lowest BCUT2D eigenvalue weighted by Gasteiger charge is -2.41. The molecule has 63 heavy (non-hydrogen) atoms. The molecule has 1 saturated heterocycles. The molecule has 3 heterocycles. The van der Waals surface area contributed by atoms with E-state index in [-0.39, 0.29) is 41.1 Å². The highest BCUT2D eigenvalue weighted by Crippen LogP contribution is 2.57. The first-order chi connectivity index (χ1) is 30.3. The number of carbonyl (C=O) groups excluding carboxylic acids is 4. The highest BCUT2D eigenvalue weighted by molar-refractivity contribution is 5.90. The van der Waals surface area contributed by atoms with E-state index < -0.39 is 24.3 Å². The van der Waals surface area contributed by atoms with E-state index >= 15 is 0 Å². The number of rotatable bonds is 13. The number of fused-ring (bicyclic) bond motifs is 4. The second-order valence-electron chi connectivity index (χ2n) is 18.5. The molecule has 334 valence electrons. The molecular formula is C49H62N8O6. The summed E-state index contributed by atoms with van der Waals surface area (Å²) in [7, 11) is 4.38. The Balaban J connectivity index is 1.09. The van der Waals surface area contributed by atoms with Crippen LogP contribution in [0.5, 0.6) is 0 Å². The number of ether oxygens (including phenoxy) is 2. The first-order valence-electron chi connectivity index (χ1n) is 22.7. The van der Waals surface area contributed by atoms with E-state index in [0.29, 0.717) is 18.8 Å². The first kappa shape index (κ1) is 43.7. The summed E-state index contributed by atoms with van der Waals surface area (Å²) in [6.45, 7) is 10.3. The van der Waals surface area contributed by atoms with Gasteiger partial charge in [-0.15, -0.1) is 0 Å². The van der Waals surface area contributed by atoms with Gasteiger partial charge in [-0.2, -0.15) is 0 Å². The van der Waals surface area contributed by atoms with Crippen LogP contribution >= 0.6 is 0 Å². The summed E-state index contributed by atoms with van der Waals surface area (Å²) in [5, 5.41) is 5.46. The smallest absolute Gasteiger partial charge is 0.407 e. The van der Waals surface area contributed by atoms with Crippen molar-refractivity contribution in [3.05, 3.63) is 71.3 Å². The van der Waals surface area contributed by atoms with Crippen molar-refractivity contribution in [2.45, 2.75) is 122 Å². The van der Waals surface area contributed by atoms with Crippen molar-refractivity contribution in [3.63, 3.8) is 0 Å². The zero-order valence-electron chi connectivity index (χ0n) is 37.9. The van der Waals surface area contributed by atoms with Crippen LogP contribution in [0.1, 0.15) is 121 Å². The molecule has 1 aliphatic heterocycles. The number of likely N-dealkylation sites (N-methyl/N-ethyl adjacent to an activating group) is 1. The lowest BCUT2D eigenvalue weighted by Crippen LogP contribution is -2.51. The minimum absolute atomic E-state index is 0.110. The molecule has 14 heteroatoms. The van der Waals surface area contributed by atoms with Crippen LogP contribution in [0.15, 0.2) is 48.5 Å². The highest BCUT2D eigenvalue weighted by atomic mass is 16.5. The van der Waals surface area contributed by atoms with Crippen LogP contribution in [0, 0.1) is 11.8 Å². The summed E-state index contributed by atoms with van der Waals surface area (Å²) >= 11 is 0. The van der Waals surface area contributed by atoms with Crippen molar-refractivity contribution in [1.29, 1.82) is 0 Å². The molecule has 0 bridgehead atoms. The normalized spacial score (nSPS) is 18.1. The number of nitrogens with zero attached hydrogens (tertiary/aromatic N) is 4. The largest absolute Gasteiger partial charge is 0.453 e. The standard InChI is InChI=1S/C49H62N8O6/c1-9-12-38(56(6)45(58)41(27(2)3)54-47(60)62-7)43-50-34-18-14-29(25-36(34)52-43)31-16-17-32(40-33(31)20-23-49(40)21-11-22-49)30-15-19-35-37(26-30)53-44(51-35)39-13-10-24-57(39)46(59)42(28(4)5)55-48(61)63-8/h14-19,25-28,38-39,41-42H,9-13,20-24H2,1-8H3,(H,50,52)(H,51,53)(H,54,60)(H,55,61)/t38-,39-,41-,42-/m0/s1. The number of carbonyl (C=O) groups is 4. The molecule has 3 aromatic carbocycles. The third-order valence-corrected chi connectivity index (χ3v) is 14.0. The molecule has 0 radical (unpaired) electrons. The quantitative estimate of drug-likeness (QED) is 0.0909. The Hall–Kier alpha value is -5.92. The van der Waals surface area contributed by atoms with Gasteiger partial charge in [-0.25, -0.2) is 19.6 Å². The summed E-state index contributed by atoms with van der Waals surface area (Å²) in [5.74, 6) is 0.912. The Bertz CT molecular complexity index is 2540. The fraction of sp³-hybridized carbons (Fsp3) is 0.510. The van der Waals surface area contributed by atoms with E-state index in [1.807, 2.05) is 32.6 Å². The average Bonchev–Trinajstić information content (AvgIpc) is 4.09. The van der Waals surface area contributed by atoms with Gasteiger partial charge in [-0.3, -0.25) is 9.59 Å². The molecule has 4 atom stereocenters. The van der Waals surface area contributed by atoms with E-state index in [2.05, 4.69) is 76.1 Å². The third-order valence-electron chi connectivity index (χ3n) is 14.0. The summed E-state index contributed by atoms with van der Waals surface area (Å²) in [6, 6.07) is 15.5. The lowest BCUT2D eigenvalue weighted by molar-refractivity contribution is -0.136. The van der Waals surface area contributed by atoms with Gasteiger partial charge in [-0.1, -0.05) is 71.7 Å². The van der Waals surface area contributed by atoms with Crippen LogP contribution in [-0.4, -0.2) is 93.6 Å². The lowest BCUT2D eigenvalue weighted by atomic mass is 9.63. The second-order valence-corrected chi connectivity index (χ2v) is 18.5. The topological polar surface area (TPSA) is 175 Å². The minimum atomic E-state index is -0.734. The van der Waals surface area contributed by atoms with Gasteiger partial charge in [0.2, 0.25) is 11.8 Å². The zero-order chi connectivity index (χ0) is 44.7. The fourth-order valence-electron chi connectivity index (χ4n) is 10.4. The Morgan fingerprint density at radius 3 is 2.06 bits per heavy atom. The molecule has 0 unspecified atom stereocenters. The molecule has 4 amide bonds. The number of amides is 4. The Morgan fingerprint density at radius 1 is 0.825 bits per heavy atom. The number of aromatic nitrogens is 4. The predicted molar refractivity (Wildman–Crippen MR) is 243 cm³/mol. The van der Waals surface area contributed by atoms with Crippen LogP contribution in [0.3, 0.4) is 0 Å². The molecule has 1 saturated carbocycles. The van der Waals surface area contributed by atoms with Gasteiger partial charge in [-0.05, 0) is 120 Å². The second kappa shape index (κ2) is 17.7. The first-order valence-corrected chi connectivity index (χ1v) is 22.7. The van der Waals surface area contributed by atoms with Gasteiger partial charge in [0.1, 0.15) is 23.7 Å². The molecule has 4 N–H and O–H groups in total. The van der Waals surface area contributed by atoms with Crippen molar-refractivity contribution >= 4 is 46.1 Å². The molecule has 14 nitrogen and oxygen atoms in total. The SMILES string of the molecule is CCC[C@@H](c1nc2ccc(-c3ccc(-c4ccc5nc([C@@H]6CCCN6C(=O)[C@@H](NC(=O)OC)C(C)C)[nH]c5c4)c4c3CCC43CCC3)cc2[nH]1)N(C)C(=O)[C@@H](NC(=O)OC)C(C)C. The molecule has 8 rings (SSSR count). The van der Waals surface area contributed by atoms with Gasteiger partial charge in [0.05, 0.1) is 48.4 Å². The van der Waals surface area contributed by atoms with Crippen LogP contribution in [-0.2, 0) is 30.9 Å². The molecule has 2 fully saturated rings. The number of benzene rings is 3. The number of H-pyrrole nitrogens is 2. The van der Waals surface area contributed by atoms with E-state index in [4.69, 9.17) is 19.4 Å². The van der Waals surface area contributed by atoms with Crippen LogP contribution < -0.4 is 10.6 Å². The molecule has 1 spiro atoms. The Kier molecular flexibility index (Phi) is 12.3. The van der Waals surface area contributed by atoms with Crippen molar-refractivity contribution < 1.29 is 28.7 Å². The van der Waals surface area contributed by atoms with Gasteiger partial charge < -0.3 is 39.9 Å². The summed E-state index contributed by atoms with van der Waals surface area (Å²) in [4.78, 5) is 72.7. The predicted octanol–water partition coefficient (Wildman–Crippen LogP) is 8.87. The fourth-order valence-corrected chi connectivity index (χ4v) is 10.4.